The molecule has 0 aliphatic carbocycles. The van der Waals surface area contributed by atoms with Gasteiger partial charge in [-0.25, -0.2) is 0 Å². The number of nitrogens with zero attached hydrogens (tertiary/aromatic N) is 2. The first-order valence-corrected chi connectivity index (χ1v) is 9.55. The molecule has 0 saturated carbocycles. The Labute approximate surface area is 173 Å². The predicted octanol–water partition coefficient (Wildman–Crippen LogP) is 5.93. The topological polar surface area (TPSA) is 33.2 Å². The Morgan fingerprint density at radius 3 is 2.33 bits per heavy atom. The molecule has 138 valence electrons. The van der Waals surface area contributed by atoms with Gasteiger partial charge >= 0.3 is 0 Å². The number of benzene rings is 2. The molecule has 3 aromatic rings. The van der Waals surface area contributed by atoms with Crippen LogP contribution in [0.1, 0.15) is 21.6 Å². The summed E-state index contributed by atoms with van der Waals surface area (Å²) in [5, 5.41) is 1.78. The van der Waals surface area contributed by atoms with Crippen LogP contribution < -0.4 is 0 Å². The van der Waals surface area contributed by atoms with Gasteiger partial charge in [0.25, 0.3) is 5.91 Å². The van der Waals surface area contributed by atoms with Crippen LogP contribution in [0.4, 0.5) is 0 Å². The summed E-state index contributed by atoms with van der Waals surface area (Å²) in [5.41, 5.74) is 2.34. The normalized spacial score (nSPS) is 10.6. The van der Waals surface area contributed by atoms with Crippen molar-refractivity contribution in [3.63, 3.8) is 0 Å². The first-order valence-electron chi connectivity index (χ1n) is 8.41. The second kappa shape index (κ2) is 9.23. The molecule has 1 aromatic heterocycles. The van der Waals surface area contributed by atoms with Gasteiger partial charge in [-0.2, -0.15) is 0 Å². The summed E-state index contributed by atoms with van der Waals surface area (Å²) in [5.74, 6) is -0.0811. The van der Waals surface area contributed by atoms with Crippen LogP contribution in [0.25, 0.3) is 0 Å². The molecule has 0 bridgehead atoms. The van der Waals surface area contributed by atoms with E-state index in [0.29, 0.717) is 40.1 Å². The van der Waals surface area contributed by atoms with Crippen LogP contribution in [0.2, 0.25) is 15.1 Å². The van der Waals surface area contributed by atoms with Gasteiger partial charge < -0.3 is 4.90 Å². The number of amides is 1. The van der Waals surface area contributed by atoms with E-state index in [4.69, 9.17) is 34.8 Å². The molecule has 27 heavy (non-hydrogen) atoms. The molecule has 3 nitrogen and oxygen atoms in total. The molecule has 0 fully saturated rings. The monoisotopic (exact) mass is 418 g/mol. The first kappa shape index (κ1) is 19.7. The third-order valence-electron chi connectivity index (χ3n) is 4.12. The summed E-state index contributed by atoms with van der Waals surface area (Å²) in [7, 11) is 0. The van der Waals surface area contributed by atoms with Crippen molar-refractivity contribution in [2.75, 3.05) is 6.54 Å². The Morgan fingerprint density at radius 2 is 1.67 bits per heavy atom. The van der Waals surface area contributed by atoms with E-state index in [1.54, 1.807) is 47.5 Å². The van der Waals surface area contributed by atoms with E-state index in [1.165, 1.54) is 0 Å². The van der Waals surface area contributed by atoms with E-state index in [1.807, 2.05) is 24.3 Å². The maximum Gasteiger partial charge on any atom is 0.254 e. The molecule has 0 unspecified atom stereocenters. The second-order valence-electron chi connectivity index (χ2n) is 6.04. The summed E-state index contributed by atoms with van der Waals surface area (Å²) in [6.45, 7) is 0.910. The fraction of sp³-hybridized carbons (Fsp3) is 0.143. The third kappa shape index (κ3) is 5.46. The zero-order chi connectivity index (χ0) is 19.2. The van der Waals surface area contributed by atoms with Crippen LogP contribution in [0, 0.1) is 0 Å². The molecule has 6 heteroatoms. The average molecular weight is 420 g/mol. The minimum absolute atomic E-state index is 0.0811. The van der Waals surface area contributed by atoms with Crippen molar-refractivity contribution >= 4 is 40.7 Å². The van der Waals surface area contributed by atoms with Crippen LogP contribution in [0.3, 0.4) is 0 Å². The fourth-order valence-electron chi connectivity index (χ4n) is 2.69. The number of aromatic nitrogens is 1. The van der Waals surface area contributed by atoms with Crippen molar-refractivity contribution in [3.8, 4) is 0 Å². The predicted molar refractivity (Wildman–Crippen MR) is 111 cm³/mol. The number of carbonyl (C=O) groups is 1. The molecular formula is C21H17Cl3N2O. The van der Waals surface area contributed by atoms with E-state index in [0.717, 1.165) is 11.3 Å². The lowest BCUT2D eigenvalue weighted by Crippen LogP contribution is -2.32. The lowest BCUT2D eigenvalue weighted by molar-refractivity contribution is 0.0743. The summed E-state index contributed by atoms with van der Waals surface area (Å²) < 4.78 is 0. The van der Waals surface area contributed by atoms with E-state index < -0.39 is 0 Å². The highest BCUT2D eigenvalue weighted by atomic mass is 35.5. The van der Waals surface area contributed by atoms with Crippen LogP contribution in [0.5, 0.6) is 0 Å². The molecule has 0 atom stereocenters. The summed E-state index contributed by atoms with van der Waals surface area (Å²) in [4.78, 5) is 19.1. The Kier molecular flexibility index (Phi) is 6.73. The van der Waals surface area contributed by atoms with Gasteiger partial charge in [-0.05, 0) is 60.5 Å². The Hall–Kier alpha value is -2.07. The highest BCUT2D eigenvalue weighted by molar-refractivity contribution is 6.35. The minimum Gasteiger partial charge on any atom is -0.332 e. The van der Waals surface area contributed by atoms with Gasteiger partial charge in [0, 0.05) is 33.4 Å². The van der Waals surface area contributed by atoms with Gasteiger partial charge in [0.1, 0.15) is 0 Å². The number of halogens is 3. The molecule has 1 amide bonds. The molecule has 3 rings (SSSR count). The standard InChI is InChI=1S/C21H17Cl3N2O/c22-17-7-5-16(6-8-17)21(27)26(14-19-3-1-2-11-25-19)12-10-15-4-9-18(23)13-20(15)24/h1-9,11,13H,10,12,14H2. The number of hydrogen-bond donors (Lipinski definition) is 0. The lowest BCUT2D eigenvalue weighted by atomic mass is 10.1. The minimum atomic E-state index is -0.0811. The smallest absolute Gasteiger partial charge is 0.254 e. The highest BCUT2D eigenvalue weighted by Gasteiger charge is 2.17. The zero-order valence-corrected chi connectivity index (χ0v) is 16.7. The Morgan fingerprint density at radius 1 is 0.926 bits per heavy atom. The molecule has 0 spiro atoms. The van der Waals surface area contributed by atoms with Crippen LogP contribution in [-0.4, -0.2) is 22.3 Å². The lowest BCUT2D eigenvalue weighted by Gasteiger charge is -2.23. The number of pyridine rings is 1. The number of carbonyl (C=O) groups excluding carboxylic acids is 1. The van der Waals surface area contributed by atoms with Crippen LogP contribution >= 0.6 is 34.8 Å². The van der Waals surface area contributed by atoms with Gasteiger partial charge in [-0.3, -0.25) is 9.78 Å². The largest absolute Gasteiger partial charge is 0.332 e. The van der Waals surface area contributed by atoms with Crippen molar-refractivity contribution in [1.29, 1.82) is 0 Å². The van der Waals surface area contributed by atoms with Crippen molar-refractivity contribution in [3.05, 3.63) is 98.7 Å². The molecule has 0 aliphatic rings. The molecule has 1 heterocycles. The van der Waals surface area contributed by atoms with E-state index in [-0.39, 0.29) is 5.91 Å². The van der Waals surface area contributed by atoms with Crippen molar-refractivity contribution in [2.24, 2.45) is 0 Å². The van der Waals surface area contributed by atoms with Gasteiger partial charge in [0.05, 0.1) is 12.2 Å². The summed E-state index contributed by atoms with van der Waals surface area (Å²) in [6.07, 6.45) is 2.33. The fourth-order valence-corrected chi connectivity index (χ4v) is 3.32. The SMILES string of the molecule is O=C(c1ccc(Cl)cc1)N(CCc1ccc(Cl)cc1Cl)Cc1ccccn1. The summed E-state index contributed by atoms with van der Waals surface area (Å²) >= 11 is 18.2. The van der Waals surface area contributed by atoms with Crippen LogP contribution in [-0.2, 0) is 13.0 Å². The van der Waals surface area contributed by atoms with E-state index in [9.17, 15) is 4.79 Å². The molecule has 0 N–H and O–H groups in total. The number of rotatable bonds is 6. The summed E-state index contributed by atoms with van der Waals surface area (Å²) in [6, 6.07) is 17.9. The molecule has 2 aromatic carbocycles. The molecular weight excluding hydrogens is 403 g/mol. The van der Waals surface area contributed by atoms with Gasteiger partial charge in [0.15, 0.2) is 0 Å². The number of hydrogen-bond acceptors (Lipinski definition) is 2. The quantitative estimate of drug-likeness (QED) is 0.496. The van der Waals surface area contributed by atoms with Crippen molar-refractivity contribution in [1.82, 2.24) is 9.88 Å². The Balaban J connectivity index is 1.80. The maximum absolute atomic E-state index is 13.0. The van der Waals surface area contributed by atoms with Crippen LogP contribution in [0.15, 0.2) is 66.9 Å². The van der Waals surface area contributed by atoms with E-state index in [2.05, 4.69) is 4.98 Å². The van der Waals surface area contributed by atoms with E-state index >= 15 is 0 Å². The highest BCUT2D eigenvalue weighted by Crippen LogP contribution is 2.22. The molecule has 0 radical (unpaired) electrons. The van der Waals surface area contributed by atoms with Crippen molar-refractivity contribution < 1.29 is 4.79 Å². The maximum atomic E-state index is 13.0. The third-order valence-corrected chi connectivity index (χ3v) is 4.96. The zero-order valence-electron chi connectivity index (χ0n) is 14.4. The van der Waals surface area contributed by atoms with Gasteiger partial charge in [-0.1, -0.05) is 46.9 Å². The molecule has 0 saturated heterocycles. The second-order valence-corrected chi connectivity index (χ2v) is 7.32. The first-order chi connectivity index (χ1) is 13.0. The van der Waals surface area contributed by atoms with Gasteiger partial charge in [-0.15, -0.1) is 0 Å². The average Bonchev–Trinajstić information content (AvgIpc) is 2.67. The van der Waals surface area contributed by atoms with Crippen molar-refractivity contribution in [2.45, 2.75) is 13.0 Å². The molecule has 0 aliphatic heterocycles. The van der Waals surface area contributed by atoms with Gasteiger partial charge in [0.2, 0.25) is 0 Å². The Bertz CT molecular complexity index is 914.